The molecule has 0 aromatic heterocycles. The van der Waals surface area contributed by atoms with Crippen LogP contribution in [0.5, 0.6) is 0 Å². The fraction of sp³-hybridized carbons (Fsp3) is 0.318. The lowest BCUT2D eigenvalue weighted by atomic mass is 10.0. The van der Waals surface area contributed by atoms with Crippen LogP contribution < -0.4 is 5.32 Å². The van der Waals surface area contributed by atoms with Crippen LogP contribution in [0.3, 0.4) is 0 Å². The second kappa shape index (κ2) is 11.5. The van der Waals surface area contributed by atoms with Crippen LogP contribution in [-0.4, -0.2) is 41.0 Å². The van der Waals surface area contributed by atoms with Crippen LogP contribution in [0.4, 0.5) is 4.79 Å². The molecule has 0 heterocycles. The summed E-state index contributed by atoms with van der Waals surface area (Å²) in [5, 5.41) is 10.9. The number of aryl methyl sites for hydroxylation is 1. The van der Waals surface area contributed by atoms with Gasteiger partial charge in [0, 0.05) is 12.1 Å². The monoisotopic (exact) mass is 384 g/mol. The highest BCUT2D eigenvalue weighted by Gasteiger charge is 2.22. The Labute approximate surface area is 166 Å². The summed E-state index contributed by atoms with van der Waals surface area (Å²) in [4.78, 5) is 36.4. The van der Waals surface area contributed by atoms with Crippen LogP contribution in [0.25, 0.3) is 11.1 Å². The zero-order valence-electron chi connectivity index (χ0n) is 16.9. The summed E-state index contributed by atoms with van der Waals surface area (Å²) in [5.41, 5.74) is 3.56. The normalized spacial score (nSPS) is 9.71. The molecular weight excluding hydrogens is 356 g/mol. The molecule has 0 spiro atoms. The first-order chi connectivity index (χ1) is 13.4. The highest BCUT2D eigenvalue weighted by atomic mass is 16.4. The van der Waals surface area contributed by atoms with Crippen molar-refractivity contribution in [1.29, 1.82) is 0 Å². The summed E-state index contributed by atoms with van der Waals surface area (Å²) in [7, 11) is 0. The lowest BCUT2D eigenvalue weighted by Crippen LogP contribution is -2.45. The SMILES string of the molecule is CC.CCCN(C(=O)NCC(=O)O)C(=O)c1ccc(-c2ccc(C)cc2)cc1. The van der Waals surface area contributed by atoms with Crippen molar-refractivity contribution in [3.8, 4) is 11.1 Å². The number of carbonyl (C=O) groups excluding carboxylic acids is 2. The summed E-state index contributed by atoms with van der Waals surface area (Å²) >= 11 is 0. The predicted octanol–water partition coefficient (Wildman–Crippen LogP) is 4.33. The summed E-state index contributed by atoms with van der Waals surface area (Å²) in [5.74, 6) is -1.62. The first-order valence-corrected chi connectivity index (χ1v) is 9.41. The molecule has 0 saturated heterocycles. The molecule has 2 aromatic rings. The van der Waals surface area contributed by atoms with Crippen molar-refractivity contribution in [2.45, 2.75) is 34.1 Å². The predicted molar refractivity (Wildman–Crippen MR) is 110 cm³/mol. The first-order valence-electron chi connectivity index (χ1n) is 9.41. The molecule has 0 radical (unpaired) electrons. The molecule has 0 saturated carbocycles. The number of aliphatic carboxylic acids is 1. The van der Waals surface area contributed by atoms with E-state index in [4.69, 9.17) is 5.11 Å². The van der Waals surface area contributed by atoms with Gasteiger partial charge in [-0.2, -0.15) is 0 Å². The van der Waals surface area contributed by atoms with Crippen LogP contribution in [0.2, 0.25) is 0 Å². The van der Waals surface area contributed by atoms with Crippen molar-refractivity contribution in [2.75, 3.05) is 13.1 Å². The van der Waals surface area contributed by atoms with Gasteiger partial charge in [-0.3, -0.25) is 14.5 Å². The number of carboxylic acids is 1. The van der Waals surface area contributed by atoms with Gasteiger partial charge in [-0.15, -0.1) is 0 Å². The number of carboxylic acid groups (broad SMARTS) is 1. The van der Waals surface area contributed by atoms with E-state index in [1.807, 2.05) is 64.1 Å². The standard InChI is InChI=1S/C20H22N2O4.C2H6/c1-3-12-22(20(26)21-13-18(23)24)19(25)17-10-8-16(9-11-17)15-6-4-14(2)5-7-15;1-2/h4-11H,3,12-13H2,1-2H3,(H,21,26)(H,23,24);1-2H3. The Kier molecular flexibility index (Phi) is 9.43. The molecule has 0 bridgehead atoms. The molecule has 0 aliphatic rings. The highest BCUT2D eigenvalue weighted by Crippen LogP contribution is 2.21. The molecule has 0 aliphatic carbocycles. The second-order valence-corrected chi connectivity index (χ2v) is 5.95. The average Bonchev–Trinajstić information content (AvgIpc) is 2.72. The fourth-order valence-electron chi connectivity index (χ4n) is 2.47. The molecular formula is C22H28N2O4. The van der Waals surface area contributed by atoms with E-state index in [0.717, 1.165) is 16.0 Å². The second-order valence-electron chi connectivity index (χ2n) is 5.95. The highest BCUT2D eigenvalue weighted by molar-refractivity contribution is 6.04. The van der Waals surface area contributed by atoms with E-state index in [2.05, 4.69) is 5.32 Å². The minimum absolute atomic E-state index is 0.212. The van der Waals surface area contributed by atoms with Crippen molar-refractivity contribution in [3.05, 3.63) is 59.7 Å². The quantitative estimate of drug-likeness (QED) is 0.776. The van der Waals surface area contributed by atoms with Gasteiger partial charge in [-0.25, -0.2) is 4.79 Å². The number of amides is 3. The first kappa shape index (κ1) is 22.9. The Bertz CT molecular complexity index is 783. The minimum atomic E-state index is -1.16. The maximum Gasteiger partial charge on any atom is 0.324 e. The number of carbonyl (C=O) groups is 3. The van der Waals surface area contributed by atoms with Crippen molar-refractivity contribution in [3.63, 3.8) is 0 Å². The topological polar surface area (TPSA) is 86.7 Å². The van der Waals surface area contributed by atoms with E-state index in [1.165, 1.54) is 5.56 Å². The van der Waals surface area contributed by atoms with Crippen molar-refractivity contribution in [2.24, 2.45) is 0 Å². The Morgan fingerprint density at radius 1 is 0.929 bits per heavy atom. The number of benzene rings is 2. The smallest absolute Gasteiger partial charge is 0.324 e. The summed E-state index contributed by atoms with van der Waals surface area (Å²) < 4.78 is 0. The molecule has 6 nitrogen and oxygen atoms in total. The zero-order chi connectivity index (χ0) is 21.1. The molecule has 2 rings (SSSR count). The molecule has 28 heavy (non-hydrogen) atoms. The maximum absolute atomic E-state index is 12.6. The lowest BCUT2D eigenvalue weighted by molar-refractivity contribution is -0.135. The van der Waals surface area contributed by atoms with Gasteiger partial charge >= 0.3 is 12.0 Å². The molecule has 0 fully saturated rings. The van der Waals surface area contributed by atoms with Crippen LogP contribution in [0, 0.1) is 6.92 Å². The van der Waals surface area contributed by atoms with Crippen LogP contribution in [-0.2, 0) is 4.79 Å². The van der Waals surface area contributed by atoms with Crippen molar-refractivity contribution in [1.82, 2.24) is 10.2 Å². The Hall–Kier alpha value is -3.15. The number of rotatable bonds is 6. The van der Waals surface area contributed by atoms with E-state index in [-0.39, 0.29) is 6.54 Å². The van der Waals surface area contributed by atoms with Crippen molar-refractivity contribution < 1.29 is 19.5 Å². The number of imide groups is 1. The van der Waals surface area contributed by atoms with Gasteiger partial charge in [0.2, 0.25) is 0 Å². The molecule has 2 N–H and O–H groups in total. The van der Waals surface area contributed by atoms with E-state index in [0.29, 0.717) is 12.0 Å². The molecule has 3 amide bonds. The number of nitrogens with one attached hydrogen (secondary N) is 1. The van der Waals surface area contributed by atoms with Gasteiger partial charge in [-0.05, 0) is 36.6 Å². The number of urea groups is 1. The molecule has 2 aromatic carbocycles. The number of nitrogens with zero attached hydrogens (tertiary/aromatic N) is 1. The maximum atomic E-state index is 12.6. The number of hydrogen-bond acceptors (Lipinski definition) is 3. The fourth-order valence-corrected chi connectivity index (χ4v) is 2.47. The van der Waals surface area contributed by atoms with Crippen molar-refractivity contribution >= 4 is 17.9 Å². The van der Waals surface area contributed by atoms with E-state index in [9.17, 15) is 14.4 Å². The Morgan fingerprint density at radius 2 is 1.43 bits per heavy atom. The zero-order valence-corrected chi connectivity index (χ0v) is 16.9. The van der Waals surface area contributed by atoms with E-state index in [1.54, 1.807) is 12.1 Å². The minimum Gasteiger partial charge on any atom is -0.480 e. The molecule has 0 aliphatic heterocycles. The van der Waals surface area contributed by atoms with Gasteiger partial charge in [0.25, 0.3) is 5.91 Å². The van der Waals surface area contributed by atoms with Gasteiger partial charge < -0.3 is 10.4 Å². The third-order valence-electron chi connectivity index (χ3n) is 3.85. The largest absolute Gasteiger partial charge is 0.480 e. The summed E-state index contributed by atoms with van der Waals surface area (Å²) in [6.07, 6.45) is 0.577. The van der Waals surface area contributed by atoms with Crippen LogP contribution in [0.15, 0.2) is 48.5 Å². The number of hydrogen-bond donors (Lipinski definition) is 2. The summed E-state index contributed by atoms with van der Waals surface area (Å²) in [6, 6.07) is 14.4. The van der Waals surface area contributed by atoms with Crippen LogP contribution in [0.1, 0.15) is 43.1 Å². The molecule has 6 heteroatoms. The molecule has 0 atom stereocenters. The third kappa shape index (κ3) is 6.54. The average molecular weight is 384 g/mol. The lowest BCUT2D eigenvalue weighted by Gasteiger charge is -2.20. The van der Waals surface area contributed by atoms with E-state index < -0.39 is 24.5 Å². The Balaban J connectivity index is 0.00000190. The van der Waals surface area contributed by atoms with Gasteiger partial charge in [0.15, 0.2) is 0 Å². The molecule has 150 valence electrons. The third-order valence-corrected chi connectivity index (χ3v) is 3.85. The Morgan fingerprint density at radius 3 is 1.89 bits per heavy atom. The summed E-state index contributed by atoms with van der Waals surface area (Å²) in [6.45, 7) is 7.54. The van der Waals surface area contributed by atoms with Crippen LogP contribution >= 0.6 is 0 Å². The van der Waals surface area contributed by atoms with Gasteiger partial charge in [-0.1, -0.05) is 62.7 Å². The van der Waals surface area contributed by atoms with E-state index >= 15 is 0 Å². The molecule has 0 unspecified atom stereocenters. The van der Waals surface area contributed by atoms with Gasteiger partial charge in [0.05, 0.1) is 0 Å². The van der Waals surface area contributed by atoms with Gasteiger partial charge in [0.1, 0.15) is 6.54 Å².